The first-order valence-corrected chi connectivity index (χ1v) is 3.75. The van der Waals surface area contributed by atoms with Gasteiger partial charge in [-0.3, -0.25) is 4.79 Å². The number of allylic oxidation sites excluding steroid dienone is 1. The number of aliphatic hydroxyl groups is 1. The highest BCUT2D eigenvalue weighted by Crippen LogP contribution is 2.05. The third kappa shape index (κ3) is 9.77. The monoisotopic (exact) mass is 209 g/mol. The van der Waals surface area contributed by atoms with Crippen molar-refractivity contribution in [2.45, 2.75) is 12.5 Å². The zero-order valence-electron chi connectivity index (χ0n) is 8.10. The molecule has 0 aromatic rings. The van der Waals surface area contributed by atoms with Crippen LogP contribution < -0.4 is 0 Å². The lowest BCUT2D eigenvalue weighted by molar-refractivity contribution is -0.154. The van der Waals surface area contributed by atoms with Crippen molar-refractivity contribution in [2.75, 3.05) is 0 Å². The lowest BCUT2D eigenvalue weighted by Crippen LogP contribution is -2.11. The molecule has 1 aliphatic rings. The van der Waals surface area contributed by atoms with Crippen LogP contribution in [0.5, 0.6) is 0 Å². The molecule has 1 aliphatic heterocycles. The van der Waals surface area contributed by atoms with Gasteiger partial charge in [-0.25, -0.2) is 4.79 Å². The van der Waals surface area contributed by atoms with E-state index in [-0.39, 0.29) is 6.42 Å². The molecular formula is C10H11NO4. The van der Waals surface area contributed by atoms with E-state index in [0.717, 1.165) is 0 Å². The largest absolute Gasteiger partial charge is 0.391 e. The highest BCUT2D eigenvalue weighted by Gasteiger charge is 2.30. The molecule has 15 heavy (non-hydrogen) atoms. The van der Waals surface area contributed by atoms with E-state index >= 15 is 0 Å². The maximum atomic E-state index is 10.1. The van der Waals surface area contributed by atoms with Crippen LogP contribution in [0.25, 0.3) is 0 Å². The van der Waals surface area contributed by atoms with Crippen molar-refractivity contribution >= 4 is 11.9 Å². The number of carbonyl (C=O) groups is 2. The highest BCUT2D eigenvalue weighted by atomic mass is 16.6. The summed E-state index contributed by atoms with van der Waals surface area (Å²) in [6.45, 7) is 9.37. The van der Waals surface area contributed by atoms with E-state index in [2.05, 4.69) is 30.2 Å². The van der Waals surface area contributed by atoms with E-state index in [1.54, 1.807) is 6.07 Å². The van der Waals surface area contributed by atoms with Crippen LogP contribution in [0.1, 0.15) is 6.42 Å². The smallest absolute Gasteiger partial charge is 0.343 e. The Morgan fingerprint density at radius 2 is 1.93 bits per heavy atom. The first-order valence-electron chi connectivity index (χ1n) is 3.75. The van der Waals surface area contributed by atoms with Gasteiger partial charge in [0.25, 0.3) is 0 Å². The number of rotatable bonds is 0. The van der Waals surface area contributed by atoms with Crippen LogP contribution in [0.2, 0.25) is 0 Å². The minimum Gasteiger partial charge on any atom is -0.391 e. The fourth-order valence-electron chi connectivity index (χ4n) is 0.463. The van der Waals surface area contributed by atoms with Crippen LogP contribution >= 0.6 is 0 Å². The van der Waals surface area contributed by atoms with Gasteiger partial charge >= 0.3 is 11.9 Å². The quantitative estimate of drug-likeness (QED) is 0.271. The Labute approximate surface area is 87.6 Å². The molecular weight excluding hydrogens is 198 g/mol. The molecule has 0 radical (unpaired) electrons. The molecule has 0 aromatic heterocycles. The fraction of sp³-hybridized carbons (Fsp3) is 0.200. The molecule has 0 amide bonds. The van der Waals surface area contributed by atoms with E-state index in [0.29, 0.717) is 0 Å². The molecule has 5 heteroatoms. The summed E-state index contributed by atoms with van der Waals surface area (Å²) in [5.74, 6) is -1.49. The van der Waals surface area contributed by atoms with Crippen LogP contribution in [0.4, 0.5) is 0 Å². The molecule has 0 aromatic carbocycles. The van der Waals surface area contributed by atoms with Gasteiger partial charge in [0.05, 0.1) is 12.5 Å². The number of aliphatic hydroxyl groups excluding tert-OH is 1. The Bertz CT molecular complexity index is 308. The Kier molecular flexibility index (Phi) is 10.2. The molecule has 0 aliphatic carbocycles. The van der Waals surface area contributed by atoms with E-state index in [1.807, 2.05) is 0 Å². The Morgan fingerprint density at radius 3 is 2.00 bits per heavy atom. The molecule has 80 valence electrons. The summed E-state index contributed by atoms with van der Waals surface area (Å²) in [5, 5.41) is 16.0. The van der Waals surface area contributed by atoms with Crippen molar-refractivity contribution in [1.82, 2.24) is 0 Å². The zero-order chi connectivity index (χ0) is 12.3. The van der Waals surface area contributed by atoms with Gasteiger partial charge in [-0.15, -0.1) is 5.73 Å². The molecule has 1 rings (SSSR count). The molecule has 1 fully saturated rings. The zero-order valence-corrected chi connectivity index (χ0v) is 8.10. The maximum Gasteiger partial charge on any atom is 0.343 e. The van der Waals surface area contributed by atoms with E-state index in [4.69, 9.17) is 10.4 Å². The van der Waals surface area contributed by atoms with Crippen LogP contribution in [-0.4, -0.2) is 23.1 Å². The molecule has 1 saturated heterocycles. The van der Waals surface area contributed by atoms with Gasteiger partial charge in [0.15, 0.2) is 6.10 Å². The topological polar surface area (TPSA) is 87.4 Å². The molecule has 1 heterocycles. The SMILES string of the molecule is C=C=C.C=CC#N.O=C1CC(O)C(=O)O1. The first kappa shape index (κ1) is 15.3. The van der Waals surface area contributed by atoms with Crippen molar-refractivity contribution in [3.8, 4) is 6.07 Å². The van der Waals surface area contributed by atoms with Crippen molar-refractivity contribution < 1.29 is 19.4 Å². The lowest BCUT2D eigenvalue weighted by Gasteiger charge is -1.86. The second kappa shape index (κ2) is 9.93. The predicted molar refractivity (Wildman–Crippen MR) is 52.3 cm³/mol. The number of nitriles is 1. The number of esters is 2. The number of hydrogen-bond acceptors (Lipinski definition) is 5. The molecule has 5 nitrogen and oxygen atoms in total. The average molecular weight is 209 g/mol. The van der Waals surface area contributed by atoms with Crippen molar-refractivity contribution in [3.63, 3.8) is 0 Å². The van der Waals surface area contributed by atoms with E-state index in [1.165, 1.54) is 6.08 Å². The molecule has 1 unspecified atom stereocenters. The number of nitrogens with zero attached hydrogens (tertiary/aromatic N) is 1. The second-order valence-electron chi connectivity index (χ2n) is 2.10. The van der Waals surface area contributed by atoms with Crippen molar-refractivity contribution in [1.29, 1.82) is 5.26 Å². The van der Waals surface area contributed by atoms with Crippen molar-refractivity contribution in [3.05, 3.63) is 31.5 Å². The lowest BCUT2D eigenvalue weighted by atomic mass is 10.3. The number of hydrogen-bond donors (Lipinski definition) is 1. The molecule has 0 bridgehead atoms. The Hall–Kier alpha value is -2.15. The van der Waals surface area contributed by atoms with Gasteiger partial charge in [0.2, 0.25) is 0 Å². The standard InChI is InChI=1S/C4H4O4.C3H3N.C3H4/c5-2-1-3(6)8-4(2)7;1-2-3-4;1-3-2/h2,5H,1H2;2H,1H2;1-2H2. The first-order chi connectivity index (χ1) is 7.03. The fourth-order valence-corrected chi connectivity index (χ4v) is 0.463. The Morgan fingerprint density at radius 1 is 1.53 bits per heavy atom. The van der Waals surface area contributed by atoms with Gasteiger partial charge in [0.1, 0.15) is 0 Å². The second-order valence-corrected chi connectivity index (χ2v) is 2.10. The minimum atomic E-state index is -1.22. The molecule has 0 spiro atoms. The summed E-state index contributed by atoms with van der Waals surface area (Å²) in [5.41, 5.74) is 2.25. The minimum absolute atomic E-state index is 0.196. The molecule has 0 saturated carbocycles. The third-order valence-electron chi connectivity index (χ3n) is 0.938. The Balaban J connectivity index is 0. The maximum absolute atomic E-state index is 10.1. The summed E-state index contributed by atoms with van der Waals surface area (Å²) < 4.78 is 3.95. The van der Waals surface area contributed by atoms with E-state index in [9.17, 15) is 9.59 Å². The molecule has 1 N–H and O–H groups in total. The number of carbonyl (C=O) groups excluding carboxylic acids is 2. The summed E-state index contributed by atoms with van der Waals surface area (Å²) in [7, 11) is 0. The van der Waals surface area contributed by atoms with E-state index < -0.39 is 18.0 Å². The molecule has 1 atom stereocenters. The predicted octanol–water partition coefficient (Wildman–Crippen LogP) is 0.474. The average Bonchev–Trinajstić information content (AvgIpc) is 2.46. The van der Waals surface area contributed by atoms with Crippen LogP contribution in [0, 0.1) is 11.3 Å². The van der Waals surface area contributed by atoms with Crippen molar-refractivity contribution in [2.24, 2.45) is 0 Å². The number of ether oxygens (including phenoxy) is 1. The van der Waals surface area contributed by atoms with Gasteiger partial charge in [-0.05, 0) is 0 Å². The van der Waals surface area contributed by atoms with Gasteiger partial charge < -0.3 is 9.84 Å². The normalized spacial score (nSPS) is 16.7. The number of cyclic esters (lactones) is 2. The van der Waals surface area contributed by atoms with Crippen LogP contribution in [-0.2, 0) is 14.3 Å². The summed E-state index contributed by atoms with van der Waals surface area (Å²) in [4.78, 5) is 20.2. The summed E-state index contributed by atoms with van der Waals surface area (Å²) in [6, 6.07) is 1.69. The third-order valence-corrected chi connectivity index (χ3v) is 0.938. The van der Waals surface area contributed by atoms with Crippen LogP contribution in [0.15, 0.2) is 31.5 Å². The van der Waals surface area contributed by atoms with Gasteiger partial charge in [-0.1, -0.05) is 19.7 Å². The summed E-state index contributed by atoms with van der Waals surface area (Å²) >= 11 is 0. The van der Waals surface area contributed by atoms with Gasteiger partial charge in [0, 0.05) is 6.08 Å². The van der Waals surface area contributed by atoms with Gasteiger partial charge in [-0.2, -0.15) is 5.26 Å². The summed E-state index contributed by atoms with van der Waals surface area (Å²) in [6.07, 6.45) is -0.235. The van der Waals surface area contributed by atoms with Crippen LogP contribution in [0.3, 0.4) is 0 Å². The highest BCUT2D eigenvalue weighted by molar-refractivity contribution is 5.95.